The van der Waals surface area contributed by atoms with E-state index in [4.69, 9.17) is 0 Å². The van der Waals surface area contributed by atoms with Crippen LogP contribution in [0.2, 0.25) is 0 Å². The van der Waals surface area contributed by atoms with Gasteiger partial charge in [-0.15, -0.1) is 13.2 Å². The van der Waals surface area contributed by atoms with Gasteiger partial charge in [0.25, 0.3) is 0 Å². The van der Waals surface area contributed by atoms with Gasteiger partial charge in [0.2, 0.25) is 0 Å². The average Bonchev–Trinajstić information content (AvgIpc) is 2.65. The van der Waals surface area contributed by atoms with Crippen LogP contribution in [0.3, 0.4) is 0 Å². The Labute approximate surface area is 160 Å². The van der Waals surface area contributed by atoms with Crippen LogP contribution in [0.1, 0.15) is 114 Å². The van der Waals surface area contributed by atoms with Crippen molar-refractivity contribution in [1.29, 1.82) is 0 Å². The van der Waals surface area contributed by atoms with E-state index in [9.17, 15) is 0 Å². The predicted octanol–water partition coefficient (Wildman–Crippen LogP) is 9.72. The van der Waals surface area contributed by atoms with Gasteiger partial charge < -0.3 is 0 Å². The molecule has 142 valence electrons. The van der Waals surface area contributed by atoms with Gasteiger partial charge in [0.05, 0.1) is 0 Å². The summed E-state index contributed by atoms with van der Waals surface area (Å²) in [7, 11) is 0. The van der Waals surface area contributed by atoms with Gasteiger partial charge in [-0.1, -0.05) is 136 Å². The zero-order chi connectivity index (χ0) is 19.2. The zero-order valence-electron chi connectivity index (χ0n) is 18.0. The molecule has 1 fully saturated rings. The molecular formula is C21H51I. The van der Waals surface area contributed by atoms with E-state index in [0.29, 0.717) is 0 Å². The lowest BCUT2D eigenvalue weighted by atomic mass is 9.91. The van der Waals surface area contributed by atoms with Crippen molar-refractivity contribution in [2.75, 3.05) is 4.93 Å². The monoisotopic (exact) mass is 430 g/mol. The molecule has 0 heterocycles. The Hall–Kier alpha value is 0.470. The Kier molecular flexibility index (Phi) is 119. The normalized spacial score (nSPS) is 11.2. The van der Waals surface area contributed by atoms with E-state index in [2.05, 4.69) is 56.5 Å². The lowest BCUT2D eigenvalue weighted by Gasteiger charge is -2.15. The van der Waals surface area contributed by atoms with Gasteiger partial charge >= 0.3 is 0 Å². The van der Waals surface area contributed by atoms with Crippen molar-refractivity contribution >= 4 is 22.6 Å². The van der Waals surface area contributed by atoms with E-state index in [1.54, 1.807) is 0 Å². The lowest BCUT2D eigenvalue weighted by molar-refractivity contribution is 0.385. The quantitative estimate of drug-likeness (QED) is 0.232. The summed E-state index contributed by atoms with van der Waals surface area (Å²) in [5, 5.41) is 0. The molecule has 0 nitrogen and oxygen atoms in total. The Morgan fingerprint density at radius 2 is 1.00 bits per heavy atom. The van der Waals surface area contributed by atoms with Crippen LogP contribution in [0.25, 0.3) is 0 Å². The molecule has 0 unspecified atom stereocenters. The summed E-state index contributed by atoms with van der Waals surface area (Å²) in [6.07, 6.45) is 11.5. The van der Waals surface area contributed by atoms with Crippen molar-refractivity contribution in [3.8, 4) is 0 Å². The minimum absolute atomic E-state index is 1.04. The summed E-state index contributed by atoms with van der Waals surface area (Å²) in [4.78, 5) is 1.97. The molecule has 0 amide bonds. The molecule has 0 saturated heterocycles. The van der Waals surface area contributed by atoms with Gasteiger partial charge in [-0.05, 0) is 10.8 Å². The fraction of sp³-hybridized carbons (Fsp3) is 0.905. The van der Waals surface area contributed by atoms with Crippen LogP contribution < -0.4 is 0 Å². The minimum Gasteiger partial charge on any atom is -0.106 e. The van der Waals surface area contributed by atoms with Crippen molar-refractivity contribution in [3.05, 3.63) is 13.2 Å². The van der Waals surface area contributed by atoms with Crippen molar-refractivity contribution < 1.29 is 0 Å². The van der Waals surface area contributed by atoms with E-state index in [1.807, 2.05) is 46.5 Å². The summed E-state index contributed by atoms with van der Waals surface area (Å²) in [5.41, 5.74) is 0. The van der Waals surface area contributed by atoms with Crippen LogP contribution >= 0.6 is 22.6 Å². The molecular weight excluding hydrogens is 379 g/mol. The van der Waals surface area contributed by atoms with Crippen molar-refractivity contribution in [2.24, 2.45) is 5.92 Å². The van der Waals surface area contributed by atoms with Crippen LogP contribution in [-0.4, -0.2) is 4.93 Å². The summed E-state index contributed by atoms with van der Waals surface area (Å²) < 4.78 is 0. The summed E-state index contributed by atoms with van der Waals surface area (Å²) in [6.45, 7) is 24.8. The number of halogens is 1. The molecule has 0 N–H and O–H groups in total. The third-order valence-corrected chi connectivity index (χ3v) is 2.60. The topological polar surface area (TPSA) is 0 Å². The molecule has 1 rings (SSSR count). The van der Waals surface area contributed by atoms with Crippen LogP contribution in [0, 0.1) is 5.92 Å². The van der Waals surface area contributed by atoms with Gasteiger partial charge in [-0.3, -0.25) is 0 Å². The van der Waals surface area contributed by atoms with Gasteiger partial charge in [0.15, 0.2) is 0 Å². The minimum atomic E-state index is 1.04. The number of unbranched alkanes of at least 4 members (excludes halogenated alkanes) is 2. The predicted molar refractivity (Wildman–Crippen MR) is 123 cm³/mol. The molecule has 0 aliphatic heterocycles. The lowest BCUT2D eigenvalue weighted by Crippen LogP contribution is -1.99. The second-order valence-electron chi connectivity index (χ2n) is 4.10. The van der Waals surface area contributed by atoms with Crippen molar-refractivity contribution in [2.45, 2.75) is 114 Å². The number of alkyl halides is 1. The van der Waals surface area contributed by atoms with Crippen molar-refractivity contribution in [3.63, 3.8) is 0 Å². The largest absolute Gasteiger partial charge is 0.106 e. The second-order valence-corrected chi connectivity index (χ2v) is 4.10. The Morgan fingerprint density at radius 1 is 0.727 bits per heavy atom. The first-order chi connectivity index (χ1) is 10.8. The maximum absolute atomic E-state index is 3.00. The van der Waals surface area contributed by atoms with E-state index < -0.39 is 0 Å². The summed E-state index contributed by atoms with van der Waals surface area (Å²) in [5.74, 6) is 1.04. The summed E-state index contributed by atoms with van der Waals surface area (Å²) >= 11 is 2.15. The molecule has 1 saturated carbocycles. The third-order valence-electron chi connectivity index (χ3n) is 2.60. The smallest absolute Gasteiger partial charge is 0.0121 e. The first kappa shape index (κ1) is 38.2. The second kappa shape index (κ2) is 68.4. The van der Waals surface area contributed by atoms with Gasteiger partial charge in [-0.25, -0.2) is 0 Å². The van der Waals surface area contributed by atoms with E-state index in [0.717, 1.165) is 5.92 Å². The van der Waals surface area contributed by atoms with E-state index in [1.165, 1.54) is 51.4 Å². The third kappa shape index (κ3) is 70.8. The molecule has 0 radical (unpaired) electrons. The fourth-order valence-electron chi connectivity index (χ4n) is 1.66. The highest BCUT2D eigenvalue weighted by molar-refractivity contribution is 14.1. The Balaban J connectivity index is -0.0000000381. The molecule has 1 heteroatoms. The first-order valence-corrected chi connectivity index (χ1v) is 11.8. The molecule has 0 aromatic carbocycles. The maximum Gasteiger partial charge on any atom is -0.0121 e. The van der Waals surface area contributed by atoms with Crippen molar-refractivity contribution in [1.82, 2.24) is 0 Å². The SMILES string of the molecule is C=C.CC.CC.CC.CC1CCCCC1.CCCCC.CI. The average molecular weight is 431 g/mol. The number of hydrogen-bond acceptors (Lipinski definition) is 0. The number of rotatable bonds is 2. The molecule has 1 aliphatic carbocycles. The van der Waals surface area contributed by atoms with E-state index >= 15 is 0 Å². The highest BCUT2D eigenvalue weighted by Crippen LogP contribution is 2.22. The Bertz CT molecular complexity index is 83.9. The standard InChI is InChI=1S/C7H14.C5H12.3C2H6.C2H4.CH3I/c1-7-5-3-2-4-6-7;1-3-5-4-2;5*1-2/h7H,2-6H2,1H3;3-5H2,1-2H3;3*1-2H3;1-2H2;1H3. The highest BCUT2D eigenvalue weighted by Gasteiger charge is 2.05. The fourth-order valence-corrected chi connectivity index (χ4v) is 1.66. The van der Waals surface area contributed by atoms with Crippen LogP contribution in [0.5, 0.6) is 0 Å². The first-order valence-electron chi connectivity index (χ1n) is 9.69. The van der Waals surface area contributed by atoms with Gasteiger partial charge in [0.1, 0.15) is 0 Å². The van der Waals surface area contributed by atoms with Crippen LogP contribution in [0.15, 0.2) is 13.2 Å². The van der Waals surface area contributed by atoms with E-state index in [-0.39, 0.29) is 0 Å². The van der Waals surface area contributed by atoms with Gasteiger partial charge in [-0.2, -0.15) is 0 Å². The van der Waals surface area contributed by atoms with Crippen LogP contribution in [-0.2, 0) is 0 Å². The highest BCUT2D eigenvalue weighted by atomic mass is 127. The molecule has 22 heavy (non-hydrogen) atoms. The number of hydrogen-bond donors (Lipinski definition) is 0. The molecule has 0 aromatic rings. The molecule has 1 aliphatic rings. The maximum atomic E-state index is 3.00. The molecule has 0 bridgehead atoms. The van der Waals surface area contributed by atoms with Crippen LogP contribution in [0.4, 0.5) is 0 Å². The summed E-state index contributed by atoms with van der Waals surface area (Å²) in [6, 6.07) is 0. The zero-order valence-corrected chi connectivity index (χ0v) is 20.2. The van der Waals surface area contributed by atoms with Gasteiger partial charge in [0, 0.05) is 0 Å². The molecule has 0 spiro atoms. The molecule has 0 aromatic heterocycles. The molecule has 0 atom stereocenters. The Morgan fingerprint density at radius 3 is 1.09 bits per heavy atom.